The molecular formula is C7H13NO5S. The first kappa shape index (κ1) is 11.4. The highest BCUT2D eigenvalue weighted by Crippen LogP contribution is 2.22. The smallest absolute Gasteiger partial charge is 0.337 e. The number of ether oxygens (including phenoxy) is 1. The summed E-state index contributed by atoms with van der Waals surface area (Å²) in [4.78, 5) is 11.1. The van der Waals surface area contributed by atoms with Crippen LogP contribution in [0.25, 0.3) is 0 Å². The molecule has 0 spiro atoms. The minimum absolute atomic E-state index is 0.249. The second-order valence-electron chi connectivity index (χ2n) is 3.75. The Morgan fingerprint density at radius 3 is 2.57 bits per heavy atom. The average molecular weight is 223 g/mol. The highest BCUT2D eigenvalue weighted by atomic mass is 32.2. The average Bonchev–Trinajstić information content (AvgIpc) is 1.97. The van der Waals surface area contributed by atoms with Crippen LogP contribution in [0.15, 0.2) is 0 Å². The lowest BCUT2D eigenvalue weighted by Crippen LogP contribution is -2.54. The molecule has 0 aromatic carbocycles. The van der Waals surface area contributed by atoms with Crippen LogP contribution in [0, 0.1) is 0 Å². The second-order valence-corrected chi connectivity index (χ2v) is 5.06. The number of methoxy groups -OCH3 is 1. The molecule has 1 atom stereocenters. The molecule has 14 heavy (non-hydrogen) atoms. The van der Waals surface area contributed by atoms with Crippen molar-refractivity contribution >= 4 is 16.3 Å². The van der Waals surface area contributed by atoms with Crippen LogP contribution in [0.3, 0.4) is 0 Å². The maximum absolute atomic E-state index is 11.2. The molecule has 0 aromatic rings. The van der Waals surface area contributed by atoms with Crippen molar-refractivity contribution in [3.8, 4) is 0 Å². The van der Waals surface area contributed by atoms with Crippen LogP contribution in [-0.4, -0.2) is 33.1 Å². The Balaban J connectivity index is 2.87. The van der Waals surface area contributed by atoms with Crippen LogP contribution in [0.2, 0.25) is 0 Å². The van der Waals surface area contributed by atoms with Crippen molar-refractivity contribution in [1.82, 2.24) is 4.72 Å². The molecule has 1 fully saturated rings. The quantitative estimate of drug-likeness (QED) is 0.609. The fraction of sp³-hybridized carbons (Fsp3) is 0.857. The van der Waals surface area contributed by atoms with Gasteiger partial charge in [-0.3, -0.25) is 0 Å². The highest BCUT2D eigenvalue weighted by Gasteiger charge is 2.41. The molecule has 0 saturated carbocycles. The molecule has 1 aliphatic rings. The number of carbonyl (C=O) groups is 1. The predicted molar refractivity (Wildman–Crippen MR) is 47.6 cm³/mol. The molecule has 1 unspecified atom stereocenters. The predicted octanol–water partition coefficient (Wildman–Crippen LogP) is -0.439. The van der Waals surface area contributed by atoms with Crippen LogP contribution >= 0.6 is 0 Å². The van der Waals surface area contributed by atoms with Gasteiger partial charge in [-0.25, -0.2) is 8.98 Å². The molecule has 1 saturated heterocycles. The van der Waals surface area contributed by atoms with Crippen LogP contribution in [0.4, 0.5) is 0 Å². The summed E-state index contributed by atoms with van der Waals surface area (Å²) in [6.45, 7) is 3.34. The van der Waals surface area contributed by atoms with E-state index in [0.717, 1.165) is 0 Å². The summed E-state index contributed by atoms with van der Waals surface area (Å²) in [5, 5.41) is 0. The minimum atomic E-state index is -3.85. The maximum atomic E-state index is 11.2. The van der Waals surface area contributed by atoms with E-state index in [9.17, 15) is 13.2 Å². The van der Waals surface area contributed by atoms with Gasteiger partial charge in [0.15, 0.2) is 6.10 Å². The van der Waals surface area contributed by atoms with Gasteiger partial charge in [0.2, 0.25) is 0 Å². The summed E-state index contributed by atoms with van der Waals surface area (Å²) in [7, 11) is -2.66. The Kier molecular flexibility index (Phi) is 2.84. The normalized spacial score (nSPS) is 29.5. The van der Waals surface area contributed by atoms with E-state index in [-0.39, 0.29) is 6.42 Å². The standard InChI is InChI=1S/C7H13NO5S/c1-7(2)4-5(6(9)12-3)13-14(10,11)8-7/h5,8H,4H2,1-3H3. The van der Waals surface area contributed by atoms with Crippen molar-refractivity contribution in [3.63, 3.8) is 0 Å². The Morgan fingerprint density at radius 2 is 2.14 bits per heavy atom. The van der Waals surface area contributed by atoms with E-state index in [1.54, 1.807) is 13.8 Å². The van der Waals surface area contributed by atoms with Gasteiger partial charge >= 0.3 is 16.3 Å². The monoisotopic (exact) mass is 223 g/mol. The Labute approximate surface area is 82.8 Å². The van der Waals surface area contributed by atoms with Gasteiger partial charge in [0.1, 0.15) is 0 Å². The first-order valence-corrected chi connectivity index (χ1v) is 5.47. The van der Waals surface area contributed by atoms with Crippen LogP contribution in [0.5, 0.6) is 0 Å². The lowest BCUT2D eigenvalue weighted by molar-refractivity contribution is -0.150. The van der Waals surface area contributed by atoms with E-state index in [1.165, 1.54) is 7.11 Å². The summed E-state index contributed by atoms with van der Waals surface area (Å²) in [5.74, 6) is -0.678. The molecule has 0 amide bonds. The van der Waals surface area contributed by atoms with Crippen LogP contribution in [-0.2, 0) is 24.0 Å². The summed E-state index contributed by atoms with van der Waals surface area (Å²) < 4.78 is 33.6. The topological polar surface area (TPSA) is 81.7 Å². The molecule has 1 rings (SSSR count). The first-order valence-electron chi connectivity index (χ1n) is 4.06. The zero-order valence-corrected chi connectivity index (χ0v) is 9.05. The largest absolute Gasteiger partial charge is 0.467 e. The maximum Gasteiger partial charge on any atom is 0.337 e. The molecule has 1 N–H and O–H groups in total. The molecule has 7 heteroatoms. The molecule has 0 radical (unpaired) electrons. The van der Waals surface area contributed by atoms with Crippen molar-refractivity contribution in [3.05, 3.63) is 0 Å². The molecule has 1 aliphatic heterocycles. The fourth-order valence-electron chi connectivity index (χ4n) is 1.31. The number of esters is 1. The fourth-order valence-corrected chi connectivity index (χ4v) is 2.57. The van der Waals surface area contributed by atoms with E-state index >= 15 is 0 Å². The Hall–Kier alpha value is -0.660. The van der Waals surface area contributed by atoms with Crippen molar-refractivity contribution < 1.29 is 22.1 Å². The van der Waals surface area contributed by atoms with E-state index in [4.69, 9.17) is 0 Å². The number of nitrogens with one attached hydrogen (secondary N) is 1. The molecule has 0 aromatic heterocycles. The van der Waals surface area contributed by atoms with E-state index in [2.05, 4.69) is 13.6 Å². The number of hydrogen-bond acceptors (Lipinski definition) is 5. The number of rotatable bonds is 1. The third kappa shape index (κ3) is 2.66. The summed E-state index contributed by atoms with van der Waals surface area (Å²) in [6.07, 6.45) is -0.805. The SMILES string of the molecule is COC(=O)C1CC(C)(C)NS(=O)(=O)O1. The summed E-state index contributed by atoms with van der Waals surface area (Å²) in [5.41, 5.74) is -0.698. The minimum Gasteiger partial charge on any atom is -0.467 e. The molecule has 1 heterocycles. The van der Waals surface area contributed by atoms with Gasteiger partial charge in [-0.2, -0.15) is 13.1 Å². The lowest BCUT2D eigenvalue weighted by atomic mass is 9.98. The van der Waals surface area contributed by atoms with Crippen molar-refractivity contribution in [1.29, 1.82) is 0 Å². The molecular weight excluding hydrogens is 210 g/mol. The summed E-state index contributed by atoms with van der Waals surface area (Å²) >= 11 is 0. The van der Waals surface area contributed by atoms with Gasteiger partial charge in [-0.1, -0.05) is 0 Å². The zero-order valence-electron chi connectivity index (χ0n) is 8.23. The van der Waals surface area contributed by atoms with Gasteiger partial charge in [-0.15, -0.1) is 0 Å². The first-order chi connectivity index (χ1) is 6.26. The van der Waals surface area contributed by atoms with Crippen molar-refractivity contribution in [2.75, 3.05) is 7.11 Å². The van der Waals surface area contributed by atoms with Crippen molar-refractivity contribution in [2.45, 2.75) is 31.9 Å². The van der Waals surface area contributed by atoms with Gasteiger partial charge < -0.3 is 4.74 Å². The zero-order chi connectivity index (χ0) is 11.0. The Morgan fingerprint density at radius 1 is 1.57 bits per heavy atom. The molecule has 0 aliphatic carbocycles. The third-order valence-electron chi connectivity index (χ3n) is 1.80. The second kappa shape index (κ2) is 3.48. The Bertz CT molecular complexity index is 334. The lowest BCUT2D eigenvalue weighted by Gasteiger charge is -2.33. The number of hydrogen-bond donors (Lipinski definition) is 1. The van der Waals surface area contributed by atoms with Gasteiger partial charge in [0.05, 0.1) is 7.11 Å². The molecule has 6 nitrogen and oxygen atoms in total. The third-order valence-corrected chi connectivity index (χ3v) is 3.09. The molecule has 82 valence electrons. The van der Waals surface area contributed by atoms with Gasteiger partial charge in [-0.05, 0) is 13.8 Å². The van der Waals surface area contributed by atoms with Crippen LogP contribution in [0.1, 0.15) is 20.3 Å². The van der Waals surface area contributed by atoms with E-state index in [1.807, 2.05) is 0 Å². The van der Waals surface area contributed by atoms with Crippen molar-refractivity contribution in [2.24, 2.45) is 0 Å². The number of carbonyl (C=O) groups excluding carboxylic acids is 1. The molecule has 0 bridgehead atoms. The van der Waals surface area contributed by atoms with E-state index < -0.39 is 27.9 Å². The van der Waals surface area contributed by atoms with E-state index in [0.29, 0.717) is 0 Å². The summed E-state index contributed by atoms with van der Waals surface area (Å²) in [6, 6.07) is 0. The highest BCUT2D eigenvalue weighted by molar-refractivity contribution is 7.84. The van der Waals surface area contributed by atoms with Gasteiger partial charge in [0, 0.05) is 12.0 Å². The van der Waals surface area contributed by atoms with Gasteiger partial charge in [0.25, 0.3) is 0 Å². The van der Waals surface area contributed by atoms with Crippen LogP contribution < -0.4 is 4.72 Å².